The molecule has 2 rings (SSSR count). The molecule has 9 heteroatoms. The van der Waals surface area contributed by atoms with Crippen LogP contribution in [0.3, 0.4) is 0 Å². The number of alkyl halides is 3. The largest absolute Gasteiger partial charge is 0.393 e. The lowest BCUT2D eigenvalue weighted by Gasteiger charge is -2.31. The van der Waals surface area contributed by atoms with Crippen molar-refractivity contribution in [3.63, 3.8) is 0 Å². The maximum absolute atomic E-state index is 12.4. The van der Waals surface area contributed by atoms with Gasteiger partial charge in [0.1, 0.15) is 0 Å². The van der Waals surface area contributed by atoms with E-state index in [-0.39, 0.29) is 34.8 Å². The Morgan fingerprint density at radius 1 is 1.12 bits per heavy atom. The number of halogens is 4. The van der Waals surface area contributed by atoms with Crippen molar-refractivity contribution in [2.24, 2.45) is 11.7 Å². The molecule has 1 aliphatic carbocycles. The molecule has 0 bridgehead atoms. The second-order valence-electron chi connectivity index (χ2n) is 5.94. The van der Waals surface area contributed by atoms with Gasteiger partial charge in [-0.05, 0) is 43.0 Å². The minimum Gasteiger partial charge on any atom is -0.330 e. The topological polar surface area (TPSA) is 72.2 Å². The third kappa shape index (κ3) is 5.91. The van der Waals surface area contributed by atoms with Crippen molar-refractivity contribution in [1.82, 2.24) is 4.72 Å². The summed E-state index contributed by atoms with van der Waals surface area (Å²) < 4.78 is 64.4. The second-order valence-corrected chi connectivity index (χ2v) is 7.66. The molecule has 0 aromatic heterocycles. The molecule has 0 heterocycles. The van der Waals surface area contributed by atoms with Crippen LogP contribution in [0.1, 0.15) is 31.2 Å². The first kappa shape index (κ1) is 21.2. The third-order valence-corrected chi connectivity index (χ3v) is 5.66. The first-order valence-corrected chi connectivity index (χ1v) is 9.08. The molecule has 1 aromatic rings. The van der Waals surface area contributed by atoms with Crippen LogP contribution < -0.4 is 10.5 Å². The summed E-state index contributed by atoms with van der Waals surface area (Å²) in [4.78, 5) is -0.0234. The summed E-state index contributed by atoms with van der Waals surface area (Å²) >= 11 is 0. The molecular weight excluding hydrogens is 365 g/mol. The molecule has 4 nitrogen and oxygen atoms in total. The van der Waals surface area contributed by atoms with Gasteiger partial charge in [0.15, 0.2) is 0 Å². The fraction of sp³-hybridized carbons (Fsp3) is 0.600. The van der Waals surface area contributed by atoms with E-state index in [1.54, 1.807) is 0 Å². The number of benzene rings is 1. The minimum atomic E-state index is -4.31. The van der Waals surface area contributed by atoms with E-state index in [0.29, 0.717) is 6.54 Å². The Morgan fingerprint density at radius 2 is 1.71 bits per heavy atom. The van der Waals surface area contributed by atoms with E-state index in [4.69, 9.17) is 5.73 Å². The van der Waals surface area contributed by atoms with Gasteiger partial charge in [-0.1, -0.05) is 25.0 Å². The highest BCUT2D eigenvalue weighted by atomic mass is 35.5. The van der Waals surface area contributed by atoms with Gasteiger partial charge in [0.2, 0.25) is 10.0 Å². The van der Waals surface area contributed by atoms with Crippen molar-refractivity contribution in [3.05, 3.63) is 29.8 Å². The normalized spacial score (nSPS) is 22.0. The van der Waals surface area contributed by atoms with Crippen LogP contribution in [0.2, 0.25) is 0 Å². The molecule has 1 aliphatic rings. The average Bonchev–Trinajstić information content (AvgIpc) is 2.46. The van der Waals surface area contributed by atoms with Gasteiger partial charge in [0.05, 0.1) is 11.3 Å². The van der Waals surface area contributed by atoms with E-state index < -0.39 is 22.6 Å². The lowest BCUT2D eigenvalue weighted by atomic mass is 9.85. The molecule has 3 N–H and O–H groups in total. The van der Waals surface area contributed by atoms with Crippen LogP contribution in [0, 0.1) is 5.92 Å². The molecule has 2 atom stereocenters. The SMILES string of the molecule is Cl.NCC1CCCCC1NS(=O)(=O)c1ccc(CC(F)(F)F)cc1. The van der Waals surface area contributed by atoms with Crippen LogP contribution in [-0.2, 0) is 16.4 Å². The van der Waals surface area contributed by atoms with Crippen LogP contribution in [0.4, 0.5) is 13.2 Å². The van der Waals surface area contributed by atoms with Crippen LogP contribution in [0.25, 0.3) is 0 Å². The van der Waals surface area contributed by atoms with Crippen molar-refractivity contribution in [2.45, 2.75) is 49.2 Å². The average molecular weight is 387 g/mol. The molecule has 2 unspecified atom stereocenters. The van der Waals surface area contributed by atoms with Gasteiger partial charge in [-0.3, -0.25) is 0 Å². The summed E-state index contributed by atoms with van der Waals surface area (Å²) in [5.41, 5.74) is 5.72. The quantitative estimate of drug-likeness (QED) is 0.817. The lowest BCUT2D eigenvalue weighted by Crippen LogP contribution is -2.44. The fourth-order valence-electron chi connectivity index (χ4n) is 2.93. The zero-order valence-corrected chi connectivity index (χ0v) is 14.7. The second kappa shape index (κ2) is 8.51. The summed E-state index contributed by atoms with van der Waals surface area (Å²) in [7, 11) is -3.75. The standard InChI is InChI=1S/C15H21F3N2O2S.ClH/c16-15(17,18)9-11-5-7-13(8-6-11)23(21,22)20-14-4-2-1-3-12(14)10-19;/h5-8,12,14,20H,1-4,9-10,19H2;1H. The maximum atomic E-state index is 12.4. The highest BCUT2D eigenvalue weighted by Gasteiger charge is 2.30. The predicted molar refractivity (Wildman–Crippen MR) is 88.6 cm³/mol. The third-order valence-electron chi connectivity index (χ3n) is 4.16. The maximum Gasteiger partial charge on any atom is 0.393 e. The zero-order valence-electron chi connectivity index (χ0n) is 13.1. The monoisotopic (exact) mass is 386 g/mol. The van der Waals surface area contributed by atoms with Gasteiger partial charge in [0, 0.05) is 6.04 Å². The molecule has 138 valence electrons. The Hall–Kier alpha value is -0.830. The molecule has 1 aromatic carbocycles. The molecule has 0 radical (unpaired) electrons. The molecule has 0 saturated heterocycles. The Balaban J connectivity index is 0.00000288. The van der Waals surface area contributed by atoms with E-state index in [1.807, 2.05) is 0 Å². The van der Waals surface area contributed by atoms with Gasteiger partial charge in [-0.15, -0.1) is 12.4 Å². The Labute approximate surface area is 146 Å². The number of nitrogens with one attached hydrogen (secondary N) is 1. The molecule has 1 fully saturated rings. The van der Waals surface area contributed by atoms with Crippen LogP contribution in [0.5, 0.6) is 0 Å². The summed E-state index contributed by atoms with van der Waals surface area (Å²) in [6.45, 7) is 0.414. The molecule has 0 spiro atoms. The highest BCUT2D eigenvalue weighted by molar-refractivity contribution is 7.89. The number of hydrogen-bond donors (Lipinski definition) is 2. The summed E-state index contributed by atoms with van der Waals surface area (Å²) in [6.07, 6.45) is -1.80. The molecule has 1 saturated carbocycles. The Morgan fingerprint density at radius 3 is 2.25 bits per heavy atom. The number of sulfonamides is 1. The van der Waals surface area contributed by atoms with E-state index in [2.05, 4.69) is 4.72 Å². The number of rotatable bonds is 5. The molecular formula is C15H22ClF3N2O2S. The number of hydrogen-bond acceptors (Lipinski definition) is 3. The molecule has 0 aliphatic heterocycles. The fourth-order valence-corrected chi connectivity index (χ4v) is 4.27. The predicted octanol–water partition coefficient (Wildman–Crippen LogP) is 3.01. The lowest BCUT2D eigenvalue weighted by molar-refractivity contribution is -0.127. The zero-order chi connectivity index (χ0) is 17.1. The van der Waals surface area contributed by atoms with Gasteiger partial charge in [0.25, 0.3) is 0 Å². The number of nitrogens with two attached hydrogens (primary N) is 1. The smallest absolute Gasteiger partial charge is 0.330 e. The van der Waals surface area contributed by atoms with Crippen LogP contribution in [0.15, 0.2) is 29.2 Å². The summed E-state index contributed by atoms with van der Waals surface area (Å²) in [6, 6.07) is 4.61. The van der Waals surface area contributed by atoms with Crippen LogP contribution >= 0.6 is 12.4 Å². The van der Waals surface area contributed by atoms with E-state index in [1.165, 1.54) is 24.3 Å². The Kier molecular flexibility index (Phi) is 7.52. The van der Waals surface area contributed by atoms with Crippen molar-refractivity contribution in [3.8, 4) is 0 Å². The molecule has 0 amide bonds. The summed E-state index contributed by atoms with van der Waals surface area (Å²) in [5.74, 6) is 0.100. The Bertz CT molecular complexity index is 621. The minimum absolute atomic E-state index is 0. The van der Waals surface area contributed by atoms with Crippen LogP contribution in [-0.4, -0.2) is 27.2 Å². The van der Waals surface area contributed by atoms with Crippen molar-refractivity contribution in [1.29, 1.82) is 0 Å². The van der Waals surface area contributed by atoms with E-state index in [9.17, 15) is 21.6 Å². The van der Waals surface area contributed by atoms with E-state index >= 15 is 0 Å². The summed E-state index contributed by atoms with van der Waals surface area (Å²) in [5, 5.41) is 0. The van der Waals surface area contributed by atoms with Crippen molar-refractivity contribution < 1.29 is 21.6 Å². The van der Waals surface area contributed by atoms with E-state index in [0.717, 1.165) is 25.7 Å². The van der Waals surface area contributed by atoms with Gasteiger partial charge >= 0.3 is 6.18 Å². The first-order valence-electron chi connectivity index (χ1n) is 7.59. The van der Waals surface area contributed by atoms with Crippen molar-refractivity contribution >= 4 is 22.4 Å². The highest BCUT2D eigenvalue weighted by Crippen LogP contribution is 2.26. The van der Waals surface area contributed by atoms with Crippen molar-refractivity contribution in [2.75, 3.05) is 6.54 Å². The van der Waals surface area contributed by atoms with Gasteiger partial charge in [-0.25, -0.2) is 13.1 Å². The van der Waals surface area contributed by atoms with Gasteiger partial charge in [-0.2, -0.15) is 13.2 Å². The van der Waals surface area contributed by atoms with Gasteiger partial charge < -0.3 is 5.73 Å². The molecule has 24 heavy (non-hydrogen) atoms. The first-order chi connectivity index (χ1) is 10.7.